The van der Waals surface area contributed by atoms with Gasteiger partial charge in [-0.15, -0.1) is 0 Å². The molecular formula is C18H15FO2. The van der Waals surface area contributed by atoms with Crippen LogP contribution in [0.5, 0.6) is 5.75 Å². The van der Waals surface area contributed by atoms with Gasteiger partial charge in [0.25, 0.3) is 0 Å². The lowest BCUT2D eigenvalue weighted by atomic mass is 9.93. The quantitative estimate of drug-likeness (QED) is 0.736. The van der Waals surface area contributed by atoms with Gasteiger partial charge in [-0.3, -0.25) is 4.79 Å². The summed E-state index contributed by atoms with van der Waals surface area (Å²) >= 11 is 0. The van der Waals surface area contributed by atoms with Crippen LogP contribution in [-0.4, -0.2) is 12.4 Å². The van der Waals surface area contributed by atoms with Crippen molar-refractivity contribution in [1.82, 2.24) is 0 Å². The lowest BCUT2D eigenvalue weighted by Gasteiger charge is -2.21. The van der Waals surface area contributed by atoms with Crippen molar-refractivity contribution in [3.05, 3.63) is 70.0 Å². The van der Waals surface area contributed by atoms with Crippen molar-refractivity contribution in [1.29, 1.82) is 0 Å². The zero-order chi connectivity index (χ0) is 15.0. The molecule has 0 unspecified atom stereocenters. The number of carbonyl (C=O) groups is 1. The Morgan fingerprint density at radius 3 is 2.71 bits per heavy atom. The largest absolute Gasteiger partial charge is 0.488 e. The number of rotatable bonds is 1. The monoisotopic (exact) mass is 282 g/mol. The molecule has 0 aliphatic carbocycles. The number of halogens is 1. The third-order valence-corrected chi connectivity index (χ3v) is 3.58. The Kier molecular flexibility index (Phi) is 3.34. The second-order valence-corrected chi connectivity index (χ2v) is 5.26. The first-order valence-corrected chi connectivity index (χ1v) is 6.80. The number of fused-ring (bicyclic) bond motifs is 1. The predicted molar refractivity (Wildman–Crippen MR) is 80.1 cm³/mol. The van der Waals surface area contributed by atoms with E-state index in [2.05, 4.69) is 0 Å². The minimum Gasteiger partial charge on any atom is -0.488 e. The Morgan fingerprint density at radius 2 is 1.95 bits per heavy atom. The van der Waals surface area contributed by atoms with E-state index in [4.69, 9.17) is 4.74 Å². The van der Waals surface area contributed by atoms with Gasteiger partial charge in [-0.1, -0.05) is 24.3 Å². The first-order valence-electron chi connectivity index (χ1n) is 6.80. The fourth-order valence-corrected chi connectivity index (χ4v) is 2.60. The summed E-state index contributed by atoms with van der Waals surface area (Å²) in [6, 6.07) is 10.2. The van der Waals surface area contributed by atoms with Gasteiger partial charge in [0.2, 0.25) is 0 Å². The molecule has 0 saturated heterocycles. The topological polar surface area (TPSA) is 26.3 Å². The van der Waals surface area contributed by atoms with Gasteiger partial charge in [-0.2, -0.15) is 0 Å². The van der Waals surface area contributed by atoms with Crippen molar-refractivity contribution >= 4 is 11.9 Å². The molecule has 2 aromatic carbocycles. The molecule has 1 heterocycles. The Bertz CT molecular complexity index is 760. The van der Waals surface area contributed by atoms with Crippen LogP contribution in [0.3, 0.4) is 0 Å². The maximum Gasteiger partial charge on any atom is 0.196 e. The summed E-state index contributed by atoms with van der Waals surface area (Å²) in [5.41, 5.74) is 3.39. The summed E-state index contributed by atoms with van der Waals surface area (Å²) in [5.74, 6) is 0.185. The standard InChI is InChI=1S/C18H15FO2/c1-11-7-12(2)17-16(8-11)21-10-14(18(17)20)9-13-5-3-4-6-15(13)19/h3-9H,10H2,1-2H3/b14-9+. The van der Waals surface area contributed by atoms with Gasteiger partial charge in [-0.25, -0.2) is 4.39 Å². The van der Waals surface area contributed by atoms with Gasteiger partial charge < -0.3 is 4.74 Å². The molecular weight excluding hydrogens is 267 g/mol. The molecule has 0 fully saturated rings. The van der Waals surface area contributed by atoms with Gasteiger partial charge in [0.05, 0.1) is 5.56 Å². The molecule has 0 amide bonds. The van der Waals surface area contributed by atoms with Crippen molar-refractivity contribution in [3.63, 3.8) is 0 Å². The molecule has 1 aliphatic rings. The van der Waals surface area contributed by atoms with E-state index in [1.54, 1.807) is 24.3 Å². The SMILES string of the molecule is Cc1cc(C)c2c(c1)OC/C(=C\c1ccccc1F)C2=O. The molecule has 0 atom stereocenters. The predicted octanol–water partition coefficient (Wildman–Crippen LogP) is 4.10. The fourth-order valence-electron chi connectivity index (χ4n) is 2.60. The number of benzene rings is 2. The maximum atomic E-state index is 13.7. The van der Waals surface area contributed by atoms with Gasteiger partial charge in [0.15, 0.2) is 5.78 Å². The van der Waals surface area contributed by atoms with Crippen LogP contribution in [0.25, 0.3) is 6.08 Å². The molecule has 106 valence electrons. The average molecular weight is 282 g/mol. The summed E-state index contributed by atoms with van der Waals surface area (Å²) < 4.78 is 19.4. The molecule has 1 aliphatic heterocycles. The Labute approximate surface area is 122 Å². The molecule has 0 radical (unpaired) electrons. The molecule has 0 aromatic heterocycles. The van der Waals surface area contributed by atoms with Crippen molar-refractivity contribution in [2.24, 2.45) is 0 Å². The highest BCUT2D eigenvalue weighted by Gasteiger charge is 2.25. The zero-order valence-electron chi connectivity index (χ0n) is 11.9. The van der Waals surface area contributed by atoms with Crippen LogP contribution in [0.1, 0.15) is 27.0 Å². The van der Waals surface area contributed by atoms with E-state index < -0.39 is 0 Å². The minimum atomic E-state index is -0.343. The van der Waals surface area contributed by atoms with E-state index in [0.717, 1.165) is 11.1 Å². The lowest BCUT2D eigenvalue weighted by molar-refractivity contribution is 0.1000. The van der Waals surface area contributed by atoms with E-state index in [1.165, 1.54) is 6.07 Å². The third-order valence-electron chi connectivity index (χ3n) is 3.58. The van der Waals surface area contributed by atoms with Crippen LogP contribution < -0.4 is 4.74 Å². The molecule has 3 heteroatoms. The second kappa shape index (κ2) is 5.17. The second-order valence-electron chi connectivity index (χ2n) is 5.26. The maximum absolute atomic E-state index is 13.7. The molecule has 21 heavy (non-hydrogen) atoms. The fraction of sp³-hybridized carbons (Fsp3) is 0.167. The number of Topliss-reactive ketones (excluding diaryl/α,β-unsaturated/α-hetero) is 1. The Hall–Kier alpha value is -2.42. The van der Waals surface area contributed by atoms with Crippen LogP contribution >= 0.6 is 0 Å². The zero-order valence-corrected chi connectivity index (χ0v) is 11.9. The highest BCUT2D eigenvalue weighted by molar-refractivity contribution is 6.14. The smallest absolute Gasteiger partial charge is 0.196 e. The highest BCUT2D eigenvalue weighted by atomic mass is 19.1. The summed E-state index contributed by atoms with van der Waals surface area (Å²) in [6.07, 6.45) is 1.57. The summed E-state index contributed by atoms with van der Waals surface area (Å²) in [6.45, 7) is 4.02. The number of aryl methyl sites for hydroxylation is 2. The van der Waals surface area contributed by atoms with E-state index in [-0.39, 0.29) is 18.2 Å². The Morgan fingerprint density at radius 1 is 1.19 bits per heavy atom. The van der Waals surface area contributed by atoms with Gasteiger partial charge >= 0.3 is 0 Å². The van der Waals surface area contributed by atoms with Crippen molar-refractivity contribution < 1.29 is 13.9 Å². The number of ether oxygens (including phenoxy) is 1. The van der Waals surface area contributed by atoms with Gasteiger partial charge in [0, 0.05) is 11.1 Å². The van der Waals surface area contributed by atoms with Crippen LogP contribution in [0.4, 0.5) is 4.39 Å². The summed E-state index contributed by atoms with van der Waals surface area (Å²) in [7, 11) is 0. The number of hydrogen-bond donors (Lipinski definition) is 0. The first-order chi connectivity index (χ1) is 10.1. The molecule has 0 spiro atoms. The molecule has 0 N–H and O–H groups in total. The van der Waals surface area contributed by atoms with E-state index in [9.17, 15) is 9.18 Å². The van der Waals surface area contributed by atoms with Crippen LogP contribution in [0.15, 0.2) is 42.0 Å². The van der Waals surface area contributed by atoms with E-state index in [0.29, 0.717) is 22.4 Å². The number of ketones is 1. The number of carbonyl (C=O) groups excluding carboxylic acids is 1. The van der Waals surface area contributed by atoms with Crippen molar-refractivity contribution in [2.45, 2.75) is 13.8 Å². The average Bonchev–Trinajstić information content (AvgIpc) is 2.43. The third kappa shape index (κ3) is 2.47. The van der Waals surface area contributed by atoms with Crippen LogP contribution in [0, 0.1) is 19.7 Å². The molecule has 2 aromatic rings. The lowest BCUT2D eigenvalue weighted by Crippen LogP contribution is -2.20. The minimum absolute atomic E-state index is 0.0861. The van der Waals surface area contributed by atoms with Crippen LogP contribution in [0.2, 0.25) is 0 Å². The molecule has 2 nitrogen and oxygen atoms in total. The van der Waals surface area contributed by atoms with Gasteiger partial charge in [-0.05, 0) is 43.2 Å². The van der Waals surface area contributed by atoms with Crippen molar-refractivity contribution in [3.8, 4) is 5.75 Å². The molecule has 3 rings (SSSR count). The normalized spacial score (nSPS) is 15.8. The first kappa shape index (κ1) is 13.6. The highest BCUT2D eigenvalue weighted by Crippen LogP contribution is 2.31. The van der Waals surface area contributed by atoms with Crippen molar-refractivity contribution in [2.75, 3.05) is 6.61 Å². The van der Waals surface area contributed by atoms with E-state index in [1.807, 2.05) is 26.0 Å². The summed E-state index contributed by atoms with van der Waals surface area (Å²) in [4.78, 5) is 12.6. The Balaban J connectivity index is 2.05. The van der Waals surface area contributed by atoms with Gasteiger partial charge in [0.1, 0.15) is 18.2 Å². The summed E-state index contributed by atoms with van der Waals surface area (Å²) in [5, 5.41) is 0. The van der Waals surface area contributed by atoms with E-state index >= 15 is 0 Å². The molecule has 0 bridgehead atoms. The molecule has 0 saturated carbocycles. The number of hydrogen-bond acceptors (Lipinski definition) is 2. The van der Waals surface area contributed by atoms with Crippen LogP contribution in [-0.2, 0) is 0 Å².